The van der Waals surface area contributed by atoms with Crippen LogP contribution >= 0.6 is 0 Å². The smallest absolute Gasteiger partial charge is 0.0158 e. The monoisotopic (exact) mass is 276 g/mol. The lowest BCUT2D eigenvalue weighted by Crippen LogP contribution is -2.60. The Morgan fingerprint density at radius 1 is 0.950 bits per heavy atom. The first-order chi connectivity index (χ1) is 9.86. The molecule has 4 aliphatic rings. The maximum absolute atomic E-state index is 3.82. The van der Waals surface area contributed by atoms with Gasteiger partial charge in [0, 0.05) is 24.2 Å². The molecule has 1 N–H and O–H groups in total. The van der Waals surface area contributed by atoms with Gasteiger partial charge >= 0.3 is 0 Å². The number of nitrogens with one attached hydrogen (secondary N) is 1. The Morgan fingerprint density at radius 3 is 2.05 bits per heavy atom. The number of rotatable bonds is 6. The highest BCUT2D eigenvalue weighted by molar-refractivity contribution is 5.05. The van der Waals surface area contributed by atoms with Gasteiger partial charge in [-0.15, -0.1) is 0 Å². The molecule has 20 heavy (non-hydrogen) atoms. The topological polar surface area (TPSA) is 15.3 Å². The van der Waals surface area contributed by atoms with Crippen LogP contribution in [0.1, 0.15) is 71.1 Å². The Kier molecular flexibility index (Phi) is 3.80. The van der Waals surface area contributed by atoms with Crippen LogP contribution in [0.15, 0.2) is 0 Å². The van der Waals surface area contributed by atoms with Gasteiger partial charge in [0.15, 0.2) is 0 Å². The normalized spacial score (nSPS) is 38.4. The summed E-state index contributed by atoms with van der Waals surface area (Å²) in [5.74, 6) is 2.18. The molecule has 2 saturated heterocycles. The van der Waals surface area contributed by atoms with E-state index in [4.69, 9.17) is 0 Å². The van der Waals surface area contributed by atoms with E-state index in [0.29, 0.717) is 0 Å². The summed E-state index contributed by atoms with van der Waals surface area (Å²) in [6, 6.07) is 3.66. The molecule has 0 amide bonds. The lowest BCUT2D eigenvalue weighted by molar-refractivity contribution is -0.0254. The van der Waals surface area contributed by atoms with Crippen LogP contribution in [0, 0.1) is 11.8 Å². The lowest BCUT2D eigenvalue weighted by Gasteiger charge is -2.53. The minimum Gasteiger partial charge on any atom is -0.314 e. The number of piperidine rings is 2. The van der Waals surface area contributed by atoms with Gasteiger partial charge in [-0.2, -0.15) is 0 Å². The molecule has 4 rings (SSSR count). The maximum atomic E-state index is 3.82. The highest BCUT2D eigenvalue weighted by Gasteiger charge is 2.50. The summed E-state index contributed by atoms with van der Waals surface area (Å²) in [5, 5.41) is 3.82. The Balaban J connectivity index is 1.46. The van der Waals surface area contributed by atoms with E-state index in [2.05, 4.69) is 17.1 Å². The molecule has 2 heteroatoms. The SMILES string of the molecule is CCCNC1CC2CCCC(C1)N2C(C1CC1)C1CC1. The number of fused-ring (bicyclic) bond motifs is 2. The zero-order valence-corrected chi connectivity index (χ0v) is 13.2. The van der Waals surface area contributed by atoms with E-state index in [0.717, 1.165) is 36.0 Å². The van der Waals surface area contributed by atoms with Crippen LogP contribution in [-0.2, 0) is 0 Å². The molecule has 4 fully saturated rings. The van der Waals surface area contributed by atoms with Crippen molar-refractivity contribution in [2.45, 2.75) is 95.3 Å². The van der Waals surface area contributed by atoms with E-state index in [-0.39, 0.29) is 0 Å². The van der Waals surface area contributed by atoms with Crippen LogP contribution in [0.4, 0.5) is 0 Å². The fourth-order valence-electron chi connectivity index (χ4n) is 5.17. The van der Waals surface area contributed by atoms with E-state index in [1.807, 2.05) is 0 Å². The highest BCUT2D eigenvalue weighted by atomic mass is 15.3. The molecule has 2 bridgehead atoms. The molecular weight excluding hydrogens is 244 g/mol. The van der Waals surface area contributed by atoms with Crippen LogP contribution in [0.3, 0.4) is 0 Å². The zero-order chi connectivity index (χ0) is 13.5. The molecule has 2 nitrogen and oxygen atoms in total. The Hall–Kier alpha value is -0.0800. The molecule has 2 aliphatic carbocycles. The van der Waals surface area contributed by atoms with Crippen LogP contribution in [-0.4, -0.2) is 35.6 Å². The second-order valence-electron chi connectivity index (χ2n) is 7.97. The van der Waals surface area contributed by atoms with Gasteiger partial charge < -0.3 is 5.32 Å². The first kappa shape index (κ1) is 13.6. The summed E-state index contributed by atoms with van der Waals surface area (Å²) < 4.78 is 0. The van der Waals surface area contributed by atoms with Gasteiger partial charge in [0.25, 0.3) is 0 Å². The van der Waals surface area contributed by atoms with Crippen molar-refractivity contribution in [3.05, 3.63) is 0 Å². The molecule has 0 aromatic carbocycles. The molecule has 0 radical (unpaired) electrons. The minimum absolute atomic E-state index is 0.820. The van der Waals surface area contributed by atoms with Crippen LogP contribution < -0.4 is 5.32 Å². The Morgan fingerprint density at radius 2 is 1.55 bits per heavy atom. The summed E-state index contributed by atoms with van der Waals surface area (Å²) in [4.78, 5) is 3.07. The van der Waals surface area contributed by atoms with Crippen molar-refractivity contribution in [2.24, 2.45) is 11.8 Å². The van der Waals surface area contributed by atoms with Gasteiger partial charge in [-0.1, -0.05) is 13.3 Å². The highest BCUT2D eigenvalue weighted by Crippen LogP contribution is 2.51. The summed E-state index contributed by atoms with van der Waals surface area (Å²) in [5.41, 5.74) is 0. The van der Waals surface area contributed by atoms with Crippen molar-refractivity contribution < 1.29 is 0 Å². The van der Waals surface area contributed by atoms with Gasteiger partial charge in [-0.05, 0) is 76.2 Å². The van der Waals surface area contributed by atoms with Gasteiger partial charge in [-0.25, -0.2) is 0 Å². The summed E-state index contributed by atoms with van der Waals surface area (Å²) in [6.45, 7) is 3.51. The molecule has 114 valence electrons. The first-order valence-corrected chi connectivity index (χ1v) is 9.37. The van der Waals surface area contributed by atoms with E-state index in [1.165, 1.54) is 70.8 Å². The average molecular weight is 276 g/mol. The van der Waals surface area contributed by atoms with Crippen molar-refractivity contribution in [1.82, 2.24) is 10.2 Å². The fourth-order valence-corrected chi connectivity index (χ4v) is 5.17. The standard InChI is InChI=1S/C18H32N2/c1-2-10-19-15-11-16-4-3-5-17(12-15)20(16)18(13-6-7-13)14-8-9-14/h13-19H,2-12H2,1H3. The van der Waals surface area contributed by atoms with Crippen molar-refractivity contribution in [3.8, 4) is 0 Å². The minimum atomic E-state index is 0.820. The quantitative estimate of drug-likeness (QED) is 0.798. The van der Waals surface area contributed by atoms with E-state index in [9.17, 15) is 0 Å². The van der Waals surface area contributed by atoms with Crippen LogP contribution in [0.2, 0.25) is 0 Å². The van der Waals surface area contributed by atoms with Crippen molar-refractivity contribution in [1.29, 1.82) is 0 Å². The predicted octanol–water partition coefficient (Wildman–Crippen LogP) is 3.56. The van der Waals surface area contributed by atoms with Gasteiger partial charge in [0.05, 0.1) is 0 Å². The van der Waals surface area contributed by atoms with Gasteiger partial charge in [-0.3, -0.25) is 4.90 Å². The third-order valence-electron chi connectivity index (χ3n) is 6.27. The fraction of sp³-hybridized carbons (Fsp3) is 1.00. The molecule has 2 unspecified atom stereocenters. The molecule has 2 heterocycles. The zero-order valence-electron chi connectivity index (χ0n) is 13.2. The second-order valence-corrected chi connectivity index (χ2v) is 7.97. The van der Waals surface area contributed by atoms with Crippen LogP contribution in [0.25, 0.3) is 0 Å². The molecule has 0 aromatic heterocycles. The number of nitrogens with zero attached hydrogens (tertiary/aromatic N) is 1. The van der Waals surface area contributed by atoms with Crippen molar-refractivity contribution in [2.75, 3.05) is 6.54 Å². The van der Waals surface area contributed by atoms with Crippen molar-refractivity contribution in [3.63, 3.8) is 0 Å². The number of hydrogen-bond acceptors (Lipinski definition) is 2. The second kappa shape index (κ2) is 5.61. The molecule has 0 spiro atoms. The van der Waals surface area contributed by atoms with E-state index >= 15 is 0 Å². The summed E-state index contributed by atoms with van der Waals surface area (Å²) in [6.07, 6.45) is 14.8. The largest absolute Gasteiger partial charge is 0.314 e. The molecular formula is C18H32N2. The summed E-state index contributed by atoms with van der Waals surface area (Å²) in [7, 11) is 0. The Labute approximate surface area is 124 Å². The molecule has 2 aliphatic heterocycles. The van der Waals surface area contributed by atoms with Crippen LogP contribution in [0.5, 0.6) is 0 Å². The molecule has 2 atom stereocenters. The van der Waals surface area contributed by atoms with Gasteiger partial charge in [0.2, 0.25) is 0 Å². The first-order valence-electron chi connectivity index (χ1n) is 9.37. The average Bonchev–Trinajstić information content (AvgIpc) is 3.31. The Bertz CT molecular complexity index is 308. The number of hydrogen-bond donors (Lipinski definition) is 1. The third-order valence-corrected chi connectivity index (χ3v) is 6.27. The summed E-state index contributed by atoms with van der Waals surface area (Å²) >= 11 is 0. The maximum Gasteiger partial charge on any atom is 0.0158 e. The predicted molar refractivity (Wildman–Crippen MR) is 83.8 cm³/mol. The van der Waals surface area contributed by atoms with Gasteiger partial charge in [0.1, 0.15) is 0 Å². The molecule has 2 saturated carbocycles. The van der Waals surface area contributed by atoms with E-state index in [1.54, 1.807) is 0 Å². The lowest BCUT2D eigenvalue weighted by atomic mass is 9.79. The van der Waals surface area contributed by atoms with Crippen molar-refractivity contribution >= 4 is 0 Å². The molecule has 0 aromatic rings. The van der Waals surface area contributed by atoms with E-state index < -0.39 is 0 Å². The third kappa shape index (κ3) is 2.66.